The average Bonchev–Trinajstić information content (AvgIpc) is 3.00. The summed E-state index contributed by atoms with van der Waals surface area (Å²) in [5, 5.41) is 0. The highest BCUT2D eigenvalue weighted by Gasteiger charge is 2.17. The summed E-state index contributed by atoms with van der Waals surface area (Å²) >= 11 is 7.43. The van der Waals surface area contributed by atoms with E-state index in [1.165, 1.54) is 44.1 Å². The number of hydrogen-bond donors (Lipinski definition) is 0. The van der Waals surface area contributed by atoms with Crippen molar-refractivity contribution in [2.45, 2.75) is 43.4 Å². The molecule has 1 atom stereocenters. The van der Waals surface area contributed by atoms with Crippen molar-refractivity contribution in [1.29, 1.82) is 0 Å². The maximum Gasteiger partial charge on any atom is 0.133 e. The number of methoxy groups -OCH3 is 1. The first-order valence-corrected chi connectivity index (χ1v) is 9.47. The Kier molecular flexibility index (Phi) is 7.55. The fourth-order valence-electron chi connectivity index (χ4n) is 2.91. The normalized spacial score (nSPS) is 17.1. The lowest BCUT2D eigenvalue weighted by Crippen LogP contribution is -2.05. The van der Waals surface area contributed by atoms with Crippen LogP contribution in [0.2, 0.25) is 0 Å². The number of halogens is 2. The van der Waals surface area contributed by atoms with Gasteiger partial charge in [0.2, 0.25) is 0 Å². The first-order valence-electron chi connectivity index (χ1n) is 7.76. The average molecular weight is 420 g/mol. The van der Waals surface area contributed by atoms with Crippen molar-refractivity contribution >= 4 is 31.9 Å². The Morgan fingerprint density at radius 1 is 1.24 bits per heavy atom. The molecule has 0 bridgehead atoms. The Bertz CT molecular complexity index is 431. The van der Waals surface area contributed by atoms with Crippen LogP contribution in [0.5, 0.6) is 5.75 Å². The minimum Gasteiger partial charge on any atom is -0.490 e. The van der Waals surface area contributed by atoms with E-state index in [0.717, 1.165) is 16.1 Å². The summed E-state index contributed by atoms with van der Waals surface area (Å²) in [6.45, 7) is 1.19. The van der Waals surface area contributed by atoms with Crippen LogP contribution in [0.25, 0.3) is 0 Å². The molecule has 0 aliphatic heterocycles. The van der Waals surface area contributed by atoms with E-state index in [2.05, 4.69) is 44.0 Å². The molecule has 1 aromatic rings. The van der Waals surface area contributed by atoms with Crippen molar-refractivity contribution in [2.75, 3.05) is 20.3 Å². The lowest BCUT2D eigenvalue weighted by atomic mass is 9.98. The monoisotopic (exact) mass is 418 g/mol. The Morgan fingerprint density at radius 3 is 2.67 bits per heavy atom. The summed E-state index contributed by atoms with van der Waals surface area (Å²) < 4.78 is 11.7. The maximum atomic E-state index is 5.67. The van der Waals surface area contributed by atoms with Gasteiger partial charge in [0.05, 0.1) is 11.1 Å². The Balaban J connectivity index is 1.85. The molecule has 1 aliphatic rings. The van der Waals surface area contributed by atoms with Gasteiger partial charge in [-0.25, -0.2) is 0 Å². The highest BCUT2D eigenvalue weighted by molar-refractivity contribution is 9.10. The summed E-state index contributed by atoms with van der Waals surface area (Å²) in [6, 6.07) is 6.36. The van der Waals surface area contributed by atoms with Crippen molar-refractivity contribution in [3.05, 3.63) is 28.2 Å². The summed E-state index contributed by atoms with van der Waals surface area (Å²) in [5.74, 6) is 1.83. The zero-order chi connectivity index (χ0) is 15.1. The zero-order valence-electron chi connectivity index (χ0n) is 12.6. The van der Waals surface area contributed by atoms with Crippen LogP contribution >= 0.6 is 31.9 Å². The molecule has 1 aromatic carbocycles. The highest BCUT2D eigenvalue weighted by atomic mass is 79.9. The molecule has 0 N–H and O–H groups in total. The molecule has 118 valence electrons. The molecule has 0 spiro atoms. The standard InChI is InChI=1S/C17H24Br2O2/c1-20-10-11-21-17-9-7-14(12-16(17)19)15(18)8-6-13-4-2-3-5-13/h7,9,12-13,15H,2-6,8,10-11H2,1H3. The maximum absolute atomic E-state index is 5.67. The molecule has 4 heteroatoms. The highest BCUT2D eigenvalue weighted by Crippen LogP contribution is 2.37. The van der Waals surface area contributed by atoms with E-state index in [9.17, 15) is 0 Å². The Labute approximate surface area is 144 Å². The lowest BCUT2D eigenvalue weighted by molar-refractivity contribution is 0.146. The van der Waals surface area contributed by atoms with Crippen LogP contribution in [0.1, 0.15) is 48.9 Å². The predicted octanol–water partition coefficient (Wildman–Crippen LogP) is 5.88. The van der Waals surface area contributed by atoms with Crippen molar-refractivity contribution in [3.63, 3.8) is 0 Å². The summed E-state index contributed by atoms with van der Waals surface area (Å²) in [4.78, 5) is 0.433. The second-order valence-electron chi connectivity index (χ2n) is 5.73. The third-order valence-corrected chi connectivity index (χ3v) is 5.77. The number of benzene rings is 1. The van der Waals surface area contributed by atoms with Gasteiger partial charge in [0.25, 0.3) is 0 Å². The predicted molar refractivity (Wildman–Crippen MR) is 94.4 cm³/mol. The number of rotatable bonds is 8. The SMILES string of the molecule is COCCOc1ccc(C(Br)CCC2CCCC2)cc1Br. The molecule has 1 unspecified atom stereocenters. The van der Waals surface area contributed by atoms with Crippen molar-refractivity contribution in [3.8, 4) is 5.75 Å². The van der Waals surface area contributed by atoms with E-state index >= 15 is 0 Å². The van der Waals surface area contributed by atoms with Gasteiger partial charge >= 0.3 is 0 Å². The molecule has 0 radical (unpaired) electrons. The number of hydrogen-bond acceptors (Lipinski definition) is 2. The lowest BCUT2D eigenvalue weighted by Gasteiger charge is -2.15. The molecule has 2 rings (SSSR count). The van der Waals surface area contributed by atoms with E-state index < -0.39 is 0 Å². The first-order chi connectivity index (χ1) is 10.2. The fourth-order valence-corrected chi connectivity index (χ4v) is 3.97. The van der Waals surface area contributed by atoms with E-state index in [4.69, 9.17) is 9.47 Å². The fraction of sp³-hybridized carbons (Fsp3) is 0.647. The minimum absolute atomic E-state index is 0.433. The molecule has 1 saturated carbocycles. The molecule has 0 amide bonds. The van der Waals surface area contributed by atoms with E-state index in [1.54, 1.807) is 7.11 Å². The van der Waals surface area contributed by atoms with Crippen LogP contribution in [0, 0.1) is 5.92 Å². The van der Waals surface area contributed by atoms with Gasteiger partial charge in [0.1, 0.15) is 12.4 Å². The molecule has 1 fully saturated rings. The van der Waals surface area contributed by atoms with Gasteiger partial charge in [-0.05, 0) is 52.4 Å². The molecular formula is C17H24Br2O2. The topological polar surface area (TPSA) is 18.5 Å². The Morgan fingerprint density at radius 2 is 2.00 bits per heavy atom. The van der Waals surface area contributed by atoms with E-state index in [0.29, 0.717) is 18.0 Å². The number of alkyl halides is 1. The van der Waals surface area contributed by atoms with Crippen LogP contribution in [-0.4, -0.2) is 20.3 Å². The van der Waals surface area contributed by atoms with Gasteiger partial charge in [0, 0.05) is 11.9 Å². The van der Waals surface area contributed by atoms with Crippen LogP contribution in [0.15, 0.2) is 22.7 Å². The molecular weight excluding hydrogens is 396 g/mol. The van der Waals surface area contributed by atoms with Crippen LogP contribution < -0.4 is 4.74 Å². The molecule has 2 nitrogen and oxygen atoms in total. The summed E-state index contributed by atoms with van der Waals surface area (Å²) in [7, 11) is 1.68. The van der Waals surface area contributed by atoms with Gasteiger partial charge in [0.15, 0.2) is 0 Å². The first kappa shape index (κ1) is 17.3. The van der Waals surface area contributed by atoms with Gasteiger partial charge < -0.3 is 9.47 Å². The molecule has 0 aromatic heterocycles. The second-order valence-corrected chi connectivity index (χ2v) is 7.69. The molecule has 0 saturated heterocycles. The van der Waals surface area contributed by atoms with E-state index in [1.807, 2.05) is 6.07 Å². The molecule has 1 aliphatic carbocycles. The van der Waals surface area contributed by atoms with Crippen molar-refractivity contribution in [2.24, 2.45) is 5.92 Å². The largest absolute Gasteiger partial charge is 0.490 e. The molecule has 21 heavy (non-hydrogen) atoms. The minimum atomic E-state index is 0.433. The number of ether oxygens (including phenoxy) is 2. The quantitative estimate of drug-likeness (QED) is 0.386. The van der Waals surface area contributed by atoms with E-state index in [-0.39, 0.29) is 0 Å². The zero-order valence-corrected chi connectivity index (χ0v) is 15.8. The smallest absolute Gasteiger partial charge is 0.133 e. The second kappa shape index (κ2) is 9.16. The van der Waals surface area contributed by atoms with Crippen LogP contribution in [-0.2, 0) is 4.74 Å². The summed E-state index contributed by atoms with van der Waals surface area (Å²) in [6.07, 6.45) is 8.25. The Hall–Kier alpha value is -0.0600. The third kappa shape index (κ3) is 5.57. The molecule has 0 heterocycles. The van der Waals surface area contributed by atoms with Gasteiger partial charge in [-0.3, -0.25) is 0 Å². The van der Waals surface area contributed by atoms with Crippen LogP contribution in [0.3, 0.4) is 0 Å². The van der Waals surface area contributed by atoms with Gasteiger partial charge in [-0.2, -0.15) is 0 Å². The van der Waals surface area contributed by atoms with Crippen molar-refractivity contribution < 1.29 is 9.47 Å². The van der Waals surface area contributed by atoms with Gasteiger partial charge in [-0.15, -0.1) is 0 Å². The third-order valence-electron chi connectivity index (χ3n) is 4.17. The van der Waals surface area contributed by atoms with Crippen LogP contribution in [0.4, 0.5) is 0 Å². The van der Waals surface area contributed by atoms with Gasteiger partial charge in [-0.1, -0.05) is 47.7 Å². The van der Waals surface area contributed by atoms with Crippen molar-refractivity contribution in [1.82, 2.24) is 0 Å². The summed E-state index contributed by atoms with van der Waals surface area (Å²) in [5.41, 5.74) is 1.32.